The summed E-state index contributed by atoms with van der Waals surface area (Å²) < 4.78 is 9.99. The molecule has 0 aliphatic carbocycles. The summed E-state index contributed by atoms with van der Waals surface area (Å²) in [6.45, 7) is 2.81. The molecular weight excluding hydrogens is 519 g/mol. The molecule has 0 saturated carbocycles. The van der Waals surface area contributed by atoms with Crippen LogP contribution in [-0.2, 0) is 18.8 Å². The van der Waals surface area contributed by atoms with E-state index >= 15 is 0 Å². The highest BCUT2D eigenvalue weighted by Crippen LogP contribution is 2.28. The Morgan fingerprint density at radius 2 is 1.66 bits per heavy atom. The van der Waals surface area contributed by atoms with Crippen molar-refractivity contribution < 1.29 is 4.74 Å². The predicted octanol–water partition coefficient (Wildman–Crippen LogP) is 3.52. The summed E-state index contributed by atoms with van der Waals surface area (Å²) in [5.41, 5.74) is 4.41. The van der Waals surface area contributed by atoms with Crippen molar-refractivity contribution >= 4 is 51.1 Å². The number of nitrogens with one attached hydrogen (secondary N) is 1. The maximum Gasteiger partial charge on any atom is 0.328 e. The summed E-state index contributed by atoms with van der Waals surface area (Å²) in [6.07, 6.45) is 0. The zero-order chi connectivity index (χ0) is 22.2. The highest BCUT2D eigenvalue weighted by Gasteiger charge is 2.17. The second kappa shape index (κ2) is 8.55. The number of fused-ring (bicyclic) bond motifs is 1. The van der Waals surface area contributed by atoms with Crippen molar-refractivity contribution in [2.24, 2.45) is 14.1 Å². The number of morpholine rings is 1. The fourth-order valence-corrected chi connectivity index (χ4v) is 4.26. The first kappa shape index (κ1) is 21.0. The van der Waals surface area contributed by atoms with Gasteiger partial charge in [-0.3, -0.25) is 9.13 Å². The van der Waals surface area contributed by atoms with Crippen LogP contribution in [0.3, 0.4) is 0 Å². The number of aromatic nitrogens is 4. The number of rotatable bonds is 4. The van der Waals surface area contributed by atoms with Crippen molar-refractivity contribution in [3.63, 3.8) is 0 Å². The molecule has 8 nitrogen and oxygen atoms in total. The van der Waals surface area contributed by atoms with Gasteiger partial charge in [0.05, 0.1) is 29.9 Å². The standard InChI is InChI=1S/C23H23IN6O2/c1-28-19-8-3-15(13-20(19)29(2)23(28)31)18-14-21(25-17-6-4-16(24)5-7-17)27-22(26-18)30-9-11-32-12-10-30/h3-8,13-14H,9-12H2,1-2H3,(H,25,26,27). The van der Waals surface area contributed by atoms with E-state index in [9.17, 15) is 4.79 Å². The summed E-state index contributed by atoms with van der Waals surface area (Å²) in [6, 6.07) is 16.1. The normalized spacial score (nSPS) is 14.2. The van der Waals surface area contributed by atoms with Crippen molar-refractivity contribution in [2.45, 2.75) is 0 Å². The number of hydrogen-bond acceptors (Lipinski definition) is 6. The Balaban J connectivity index is 1.60. The second-order valence-electron chi connectivity index (χ2n) is 7.77. The molecule has 0 amide bonds. The second-order valence-corrected chi connectivity index (χ2v) is 9.02. The van der Waals surface area contributed by atoms with Gasteiger partial charge in [-0.25, -0.2) is 9.78 Å². The molecule has 0 bridgehead atoms. The smallest absolute Gasteiger partial charge is 0.328 e. The van der Waals surface area contributed by atoms with E-state index in [0.717, 1.165) is 46.9 Å². The molecule has 9 heteroatoms. The number of hydrogen-bond donors (Lipinski definition) is 1. The molecule has 2 aromatic carbocycles. The fraction of sp³-hybridized carbons (Fsp3) is 0.261. The lowest BCUT2D eigenvalue weighted by Crippen LogP contribution is -2.37. The number of halogens is 1. The molecule has 0 unspecified atom stereocenters. The monoisotopic (exact) mass is 542 g/mol. The van der Waals surface area contributed by atoms with Gasteiger partial charge in [0.2, 0.25) is 5.95 Å². The number of benzene rings is 2. The summed E-state index contributed by atoms with van der Waals surface area (Å²) in [7, 11) is 3.58. The fourth-order valence-electron chi connectivity index (χ4n) is 3.90. The van der Waals surface area contributed by atoms with Crippen LogP contribution in [-0.4, -0.2) is 45.4 Å². The van der Waals surface area contributed by atoms with Gasteiger partial charge < -0.3 is 15.0 Å². The van der Waals surface area contributed by atoms with E-state index in [1.807, 2.05) is 36.4 Å². The third-order valence-electron chi connectivity index (χ3n) is 5.69. The van der Waals surface area contributed by atoms with E-state index < -0.39 is 0 Å². The molecule has 1 aliphatic heterocycles. The average molecular weight is 542 g/mol. The number of anilines is 3. The van der Waals surface area contributed by atoms with E-state index in [4.69, 9.17) is 14.7 Å². The Hall–Kier alpha value is -2.92. The van der Waals surface area contributed by atoms with Crippen LogP contribution in [0.1, 0.15) is 0 Å². The van der Waals surface area contributed by atoms with Crippen LogP contribution in [0, 0.1) is 3.57 Å². The Bertz CT molecular complexity index is 1340. The van der Waals surface area contributed by atoms with E-state index in [1.165, 1.54) is 3.57 Å². The largest absolute Gasteiger partial charge is 0.378 e. The van der Waals surface area contributed by atoms with E-state index in [2.05, 4.69) is 44.9 Å². The van der Waals surface area contributed by atoms with Gasteiger partial charge in [0.1, 0.15) is 5.82 Å². The first-order chi connectivity index (χ1) is 15.5. The minimum Gasteiger partial charge on any atom is -0.378 e. The van der Waals surface area contributed by atoms with Crippen molar-refractivity contribution in [1.29, 1.82) is 0 Å². The van der Waals surface area contributed by atoms with Gasteiger partial charge in [-0.1, -0.05) is 6.07 Å². The SMILES string of the molecule is Cn1c(=O)n(C)c2cc(-c3cc(Nc4ccc(I)cc4)nc(N4CCOCC4)n3)ccc21. The summed E-state index contributed by atoms with van der Waals surface area (Å²) in [5, 5.41) is 3.41. The summed E-state index contributed by atoms with van der Waals surface area (Å²) in [4.78, 5) is 24.1. The van der Waals surface area contributed by atoms with Crippen molar-refractivity contribution in [1.82, 2.24) is 19.1 Å². The van der Waals surface area contributed by atoms with Crippen LogP contribution in [0.15, 0.2) is 53.3 Å². The molecule has 4 aromatic rings. The van der Waals surface area contributed by atoms with Crippen LogP contribution in [0.5, 0.6) is 0 Å². The minimum absolute atomic E-state index is 0.0464. The van der Waals surface area contributed by atoms with Crippen molar-refractivity contribution in [3.8, 4) is 11.3 Å². The maximum absolute atomic E-state index is 12.3. The molecule has 1 N–H and O–H groups in total. The van der Waals surface area contributed by atoms with Crippen LogP contribution >= 0.6 is 22.6 Å². The Kier molecular flexibility index (Phi) is 5.60. The van der Waals surface area contributed by atoms with Gasteiger partial charge in [0.25, 0.3) is 0 Å². The van der Waals surface area contributed by atoms with E-state index in [1.54, 1.807) is 23.2 Å². The molecule has 2 aromatic heterocycles. The van der Waals surface area contributed by atoms with Crippen LogP contribution in [0.25, 0.3) is 22.3 Å². The van der Waals surface area contributed by atoms with Gasteiger partial charge in [0, 0.05) is 48.1 Å². The number of nitrogens with zero attached hydrogens (tertiary/aromatic N) is 5. The highest BCUT2D eigenvalue weighted by atomic mass is 127. The maximum atomic E-state index is 12.3. The molecule has 1 saturated heterocycles. The topological polar surface area (TPSA) is 77.2 Å². The third-order valence-corrected chi connectivity index (χ3v) is 6.41. The first-order valence-corrected chi connectivity index (χ1v) is 11.5. The molecule has 3 heterocycles. The number of imidazole rings is 1. The number of ether oxygens (including phenoxy) is 1. The number of aryl methyl sites for hydroxylation is 2. The van der Waals surface area contributed by atoms with Gasteiger partial charge in [-0.15, -0.1) is 0 Å². The van der Waals surface area contributed by atoms with Crippen molar-refractivity contribution in [2.75, 3.05) is 36.5 Å². The zero-order valence-electron chi connectivity index (χ0n) is 17.9. The van der Waals surface area contributed by atoms with E-state index in [0.29, 0.717) is 19.2 Å². The Labute approximate surface area is 199 Å². The van der Waals surface area contributed by atoms with Crippen LogP contribution < -0.4 is 15.9 Å². The lowest BCUT2D eigenvalue weighted by Gasteiger charge is -2.27. The van der Waals surface area contributed by atoms with Crippen LogP contribution in [0.4, 0.5) is 17.5 Å². The van der Waals surface area contributed by atoms with Gasteiger partial charge in [0.15, 0.2) is 0 Å². The highest BCUT2D eigenvalue weighted by molar-refractivity contribution is 14.1. The Morgan fingerprint density at radius 3 is 2.41 bits per heavy atom. The zero-order valence-corrected chi connectivity index (χ0v) is 20.0. The Morgan fingerprint density at radius 1 is 0.938 bits per heavy atom. The molecule has 5 rings (SSSR count). The van der Waals surface area contributed by atoms with Crippen LogP contribution in [0.2, 0.25) is 0 Å². The summed E-state index contributed by atoms with van der Waals surface area (Å²) >= 11 is 2.29. The van der Waals surface area contributed by atoms with Gasteiger partial charge >= 0.3 is 5.69 Å². The average Bonchev–Trinajstić information content (AvgIpc) is 3.04. The molecule has 1 aliphatic rings. The molecule has 0 atom stereocenters. The van der Waals surface area contributed by atoms with E-state index in [-0.39, 0.29) is 5.69 Å². The minimum atomic E-state index is -0.0464. The lowest BCUT2D eigenvalue weighted by atomic mass is 10.1. The molecular formula is C23H23IN6O2. The van der Waals surface area contributed by atoms with Gasteiger partial charge in [-0.2, -0.15) is 4.98 Å². The quantitative estimate of drug-likeness (QED) is 0.398. The third kappa shape index (κ3) is 3.97. The lowest BCUT2D eigenvalue weighted by molar-refractivity contribution is 0.122. The van der Waals surface area contributed by atoms with Crippen molar-refractivity contribution in [3.05, 3.63) is 62.6 Å². The molecule has 0 spiro atoms. The summed E-state index contributed by atoms with van der Waals surface area (Å²) in [5.74, 6) is 1.39. The predicted molar refractivity (Wildman–Crippen MR) is 135 cm³/mol. The molecule has 32 heavy (non-hydrogen) atoms. The van der Waals surface area contributed by atoms with Gasteiger partial charge in [-0.05, 0) is 59.0 Å². The first-order valence-electron chi connectivity index (χ1n) is 10.4. The molecule has 0 radical (unpaired) electrons. The molecule has 164 valence electrons. The molecule has 1 fully saturated rings.